The van der Waals surface area contributed by atoms with Crippen molar-refractivity contribution in [3.63, 3.8) is 0 Å². The van der Waals surface area contributed by atoms with Crippen molar-refractivity contribution in [2.24, 2.45) is 0 Å². The molecule has 26 heavy (non-hydrogen) atoms. The molecule has 3 rings (SSSR count). The van der Waals surface area contributed by atoms with Crippen LogP contribution < -0.4 is 0 Å². The smallest absolute Gasteiger partial charge is 0.290 e. The number of carbonyl (C=O) groups is 2. The number of nitrogens with zero attached hydrogens (tertiary/aromatic N) is 1. The number of ketones is 1. The van der Waals surface area contributed by atoms with Gasteiger partial charge in [-0.1, -0.05) is 12.1 Å². The second-order valence-electron chi connectivity index (χ2n) is 5.91. The molecule has 1 aliphatic heterocycles. The molecule has 2 heterocycles. The minimum absolute atomic E-state index is 0.0342. The van der Waals surface area contributed by atoms with E-state index >= 15 is 0 Å². The van der Waals surface area contributed by atoms with E-state index in [-0.39, 0.29) is 17.1 Å². The van der Waals surface area contributed by atoms with Crippen molar-refractivity contribution < 1.29 is 29.0 Å². The van der Waals surface area contributed by atoms with Gasteiger partial charge in [0.2, 0.25) is 5.78 Å². The number of ether oxygens (including phenoxy) is 1. The predicted octanol–water partition coefficient (Wildman–Crippen LogP) is 2.60. The Bertz CT molecular complexity index is 822. The third-order valence-corrected chi connectivity index (χ3v) is 4.25. The van der Waals surface area contributed by atoms with Crippen molar-refractivity contribution in [3.8, 4) is 5.75 Å². The number of Topliss-reactive ketones (excluding diaryl/α,β-unsaturated/α-hetero) is 1. The largest absolute Gasteiger partial charge is 0.508 e. The third kappa shape index (κ3) is 3.21. The number of benzene rings is 1. The monoisotopic (exact) mass is 357 g/mol. The van der Waals surface area contributed by atoms with Crippen molar-refractivity contribution in [1.29, 1.82) is 0 Å². The standard InChI is InChI=1S/C19H19NO6/c1-25-10-3-9-20-16(12-5-7-13(21)8-6-12)15(18(23)19(20)24)17(22)14-4-2-11-26-14/h2,4-8,11,16,21,23H,3,9-10H2,1H3/t16-/m0/s1. The van der Waals surface area contributed by atoms with Crippen LogP contribution in [0.15, 0.2) is 58.4 Å². The first kappa shape index (κ1) is 17.8. The van der Waals surface area contributed by atoms with E-state index in [2.05, 4.69) is 0 Å². The summed E-state index contributed by atoms with van der Waals surface area (Å²) in [7, 11) is 1.56. The number of rotatable bonds is 7. The number of carbonyl (C=O) groups excluding carboxylic acids is 2. The molecule has 1 aliphatic rings. The van der Waals surface area contributed by atoms with Crippen LogP contribution in [0.25, 0.3) is 0 Å². The highest BCUT2D eigenvalue weighted by Gasteiger charge is 2.44. The summed E-state index contributed by atoms with van der Waals surface area (Å²) in [6.07, 6.45) is 1.90. The molecule has 7 heteroatoms. The van der Waals surface area contributed by atoms with Crippen molar-refractivity contribution >= 4 is 11.7 Å². The number of aromatic hydroxyl groups is 1. The Labute approximate surface area is 150 Å². The van der Waals surface area contributed by atoms with Crippen LogP contribution in [0.2, 0.25) is 0 Å². The molecule has 0 saturated carbocycles. The van der Waals surface area contributed by atoms with Crippen LogP contribution >= 0.6 is 0 Å². The maximum Gasteiger partial charge on any atom is 0.290 e. The fraction of sp³-hybridized carbons (Fsp3) is 0.263. The summed E-state index contributed by atoms with van der Waals surface area (Å²) in [4.78, 5) is 26.8. The molecule has 0 aliphatic carbocycles. The molecule has 0 radical (unpaired) electrons. The molecule has 0 saturated heterocycles. The quantitative estimate of drug-likeness (QED) is 0.584. The van der Waals surface area contributed by atoms with E-state index in [1.807, 2.05) is 0 Å². The lowest BCUT2D eigenvalue weighted by molar-refractivity contribution is -0.129. The molecule has 0 fully saturated rings. The summed E-state index contributed by atoms with van der Waals surface area (Å²) in [5.41, 5.74) is 0.570. The van der Waals surface area contributed by atoms with Crippen LogP contribution in [0.1, 0.15) is 28.6 Å². The predicted molar refractivity (Wildman–Crippen MR) is 91.7 cm³/mol. The summed E-state index contributed by atoms with van der Waals surface area (Å²) in [5, 5.41) is 19.9. The fourth-order valence-electron chi connectivity index (χ4n) is 3.04. The van der Waals surface area contributed by atoms with Crippen molar-refractivity contribution in [2.75, 3.05) is 20.3 Å². The molecule has 1 amide bonds. The van der Waals surface area contributed by atoms with E-state index in [9.17, 15) is 19.8 Å². The number of phenolic OH excluding ortho intramolecular Hbond substituents is 1. The molecular formula is C19H19NO6. The first-order chi connectivity index (χ1) is 12.5. The average Bonchev–Trinajstić information content (AvgIpc) is 3.25. The van der Waals surface area contributed by atoms with Gasteiger partial charge in [-0.2, -0.15) is 0 Å². The minimum Gasteiger partial charge on any atom is -0.508 e. The molecule has 1 aromatic carbocycles. The van der Waals surface area contributed by atoms with Crippen molar-refractivity contribution in [3.05, 3.63) is 65.3 Å². The van der Waals surface area contributed by atoms with Gasteiger partial charge in [0.1, 0.15) is 5.75 Å². The second kappa shape index (κ2) is 7.45. The van der Waals surface area contributed by atoms with Gasteiger partial charge in [-0.25, -0.2) is 0 Å². The Morgan fingerprint density at radius 2 is 1.96 bits per heavy atom. The van der Waals surface area contributed by atoms with E-state index in [1.165, 1.54) is 29.4 Å². The number of hydrogen-bond acceptors (Lipinski definition) is 6. The van der Waals surface area contributed by atoms with Gasteiger partial charge in [0.25, 0.3) is 5.91 Å². The molecule has 0 bridgehead atoms. The van der Waals surface area contributed by atoms with Gasteiger partial charge in [-0.15, -0.1) is 0 Å². The number of hydrogen-bond donors (Lipinski definition) is 2. The zero-order valence-corrected chi connectivity index (χ0v) is 14.2. The average molecular weight is 357 g/mol. The topological polar surface area (TPSA) is 100 Å². The lowest BCUT2D eigenvalue weighted by atomic mass is 9.95. The summed E-state index contributed by atoms with van der Waals surface area (Å²) < 4.78 is 10.2. The van der Waals surface area contributed by atoms with Gasteiger partial charge in [-0.3, -0.25) is 9.59 Å². The first-order valence-corrected chi connectivity index (χ1v) is 8.14. The molecule has 1 atom stereocenters. The SMILES string of the molecule is COCCCN1C(=O)C(O)=C(C(=O)c2ccco2)[C@@H]1c1ccc(O)cc1. The van der Waals surface area contributed by atoms with Gasteiger partial charge in [0.05, 0.1) is 17.9 Å². The molecule has 7 nitrogen and oxygen atoms in total. The van der Waals surface area contributed by atoms with Crippen molar-refractivity contribution in [1.82, 2.24) is 4.90 Å². The highest BCUT2D eigenvalue weighted by Crippen LogP contribution is 2.39. The van der Waals surface area contributed by atoms with E-state index in [0.29, 0.717) is 25.1 Å². The van der Waals surface area contributed by atoms with Gasteiger partial charge in [0, 0.05) is 20.3 Å². The maximum absolute atomic E-state index is 12.8. The Morgan fingerprint density at radius 1 is 1.23 bits per heavy atom. The molecular weight excluding hydrogens is 338 g/mol. The Hall–Kier alpha value is -3.06. The van der Waals surface area contributed by atoms with Gasteiger partial charge in [0.15, 0.2) is 11.5 Å². The highest BCUT2D eigenvalue weighted by molar-refractivity contribution is 6.15. The van der Waals surface area contributed by atoms with Crippen LogP contribution in [0.5, 0.6) is 5.75 Å². The molecule has 0 unspecified atom stereocenters. The molecule has 2 N–H and O–H groups in total. The molecule has 136 valence electrons. The minimum atomic E-state index is -0.766. The number of methoxy groups -OCH3 is 1. The van der Waals surface area contributed by atoms with Gasteiger partial charge < -0.3 is 24.3 Å². The molecule has 2 aromatic rings. The van der Waals surface area contributed by atoms with Crippen LogP contribution in [0.3, 0.4) is 0 Å². The zero-order valence-electron chi connectivity index (χ0n) is 14.2. The lowest BCUT2D eigenvalue weighted by Gasteiger charge is -2.26. The summed E-state index contributed by atoms with van der Waals surface area (Å²) in [6, 6.07) is 8.45. The van der Waals surface area contributed by atoms with Crippen LogP contribution in [0, 0.1) is 0 Å². The van der Waals surface area contributed by atoms with Gasteiger partial charge >= 0.3 is 0 Å². The third-order valence-electron chi connectivity index (χ3n) is 4.25. The van der Waals surface area contributed by atoms with E-state index in [1.54, 1.807) is 25.3 Å². The number of furan rings is 1. The van der Waals surface area contributed by atoms with E-state index in [0.717, 1.165) is 0 Å². The van der Waals surface area contributed by atoms with Crippen LogP contribution in [0.4, 0.5) is 0 Å². The normalized spacial score (nSPS) is 17.2. The molecule has 1 aromatic heterocycles. The Balaban J connectivity index is 2.02. The van der Waals surface area contributed by atoms with Crippen molar-refractivity contribution in [2.45, 2.75) is 12.5 Å². The van der Waals surface area contributed by atoms with Crippen LogP contribution in [-0.4, -0.2) is 47.1 Å². The number of aliphatic hydroxyl groups is 1. The summed E-state index contributed by atoms with van der Waals surface area (Å²) in [6.45, 7) is 0.742. The Kier molecular flexibility index (Phi) is 5.09. The summed E-state index contributed by atoms with van der Waals surface area (Å²) >= 11 is 0. The summed E-state index contributed by atoms with van der Waals surface area (Å²) in [5.74, 6) is -1.64. The first-order valence-electron chi connectivity index (χ1n) is 8.14. The lowest BCUT2D eigenvalue weighted by Crippen LogP contribution is -2.32. The zero-order chi connectivity index (χ0) is 18.7. The van der Waals surface area contributed by atoms with E-state index in [4.69, 9.17) is 9.15 Å². The maximum atomic E-state index is 12.8. The molecule has 0 spiro atoms. The number of amides is 1. The van der Waals surface area contributed by atoms with Gasteiger partial charge in [-0.05, 0) is 36.2 Å². The number of aliphatic hydroxyl groups excluding tert-OH is 1. The number of phenols is 1. The van der Waals surface area contributed by atoms with Crippen LogP contribution in [-0.2, 0) is 9.53 Å². The second-order valence-corrected chi connectivity index (χ2v) is 5.91. The highest BCUT2D eigenvalue weighted by atomic mass is 16.5. The van der Waals surface area contributed by atoms with E-state index < -0.39 is 23.5 Å². The fourth-order valence-corrected chi connectivity index (χ4v) is 3.04. The Morgan fingerprint density at radius 3 is 2.58 bits per heavy atom.